The predicted molar refractivity (Wildman–Crippen MR) is 65.1 cm³/mol. The van der Waals surface area contributed by atoms with Gasteiger partial charge in [-0.1, -0.05) is 30.1 Å². The summed E-state index contributed by atoms with van der Waals surface area (Å²) in [6.07, 6.45) is 0.653. The molecule has 0 aliphatic heterocycles. The number of amides is 1. The molecule has 0 aliphatic rings. The van der Waals surface area contributed by atoms with Gasteiger partial charge in [-0.2, -0.15) is 0 Å². The summed E-state index contributed by atoms with van der Waals surface area (Å²) in [5.41, 5.74) is 0.320. The van der Waals surface area contributed by atoms with Gasteiger partial charge in [0, 0.05) is 5.02 Å². The Hall–Kier alpha value is -0.770. The number of rotatable bonds is 4. The van der Waals surface area contributed by atoms with E-state index in [4.69, 9.17) is 28.3 Å². The van der Waals surface area contributed by atoms with Gasteiger partial charge in [-0.3, -0.25) is 4.79 Å². The average molecular weight is 262 g/mol. The van der Waals surface area contributed by atoms with E-state index in [2.05, 4.69) is 5.32 Å². The lowest BCUT2D eigenvalue weighted by Crippen LogP contribution is -2.37. The summed E-state index contributed by atoms with van der Waals surface area (Å²) in [6, 6.07) is 4.43. The smallest absolute Gasteiger partial charge is 0.253 e. The Bertz CT molecular complexity index is 378. The second kappa shape index (κ2) is 6.09. The fraction of sp³-hybridized carbons (Fsp3) is 0.364. The summed E-state index contributed by atoms with van der Waals surface area (Å²) in [6.45, 7) is 1.78. The van der Waals surface area contributed by atoms with Crippen molar-refractivity contribution in [3.63, 3.8) is 0 Å². The van der Waals surface area contributed by atoms with E-state index in [9.17, 15) is 4.79 Å². The van der Waals surface area contributed by atoms with Crippen LogP contribution in [0.3, 0.4) is 0 Å². The fourth-order valence-electron chi connectivity index (χ4n) is 1.21. The maximum absolute atomic E-state index is 11.8. The second-order valence-corrected chi connectivity index (χ2v) is 4.23. The zero-order valence-electron chi connectivity index (χ0n) is 8.84. The molecule has 1 atom stereocenters. The first-order valence-electron chi connectivity index (χ1n) is 4.95. The second-order valence-electron chi connectivity index (χ2n) is 3.39. The van der Waals surface area contributed by atoms with E-state index in [1.807, 2.05) is 6.92 Å². The van der Waals surface area contributed by atoms with E-state index < -0.39 is 0 Å². The van der Waals surface area contributed by atoms with Crippen LogP contribution in [0.25, 0.3) is 0 Å². The lowest BCUT2D eigenvalue weighted by molar-refractivity contribution is 0.0915. The molecule has 0 unspecified atom stereocenters. The standard InChI is InChI=1S/C11H13Cl2NO2/c1-2-8(6-15)14-11(16)9-5-7(12)3-4-10(9)13/h3-5,8,15H,2,6H2,1H3,(H,14,16)/t8-/m0/s1. The van der Waals surface area contributed by atoms with Crippen LogP contribution in [0, 0.1) is 0 Å². The van der Waals surface area contributed by atoms with Crippen molar-refractivity contribution in [1.29, 1.82) is 0 Å². The van der Waals surface area contributed by atoms with E-state index in [0.717, 1.165) is 0 Å². The zero-order chi connectivity index (χ0) is 12.1. The minimum absolute atomic E-state index is 0.0968. The number of nitrogens with one attached hydrogen (secondary N) is 1. The van der Waals surface area contributed by atoms with Crippen molar-refractivity contribution in [2.45, 2.75) is 19.4 Å². The van der Waals surface area contributed by atoms with Crippen molar-refractivity contribution in [1.82, 2.24) is 5.32 Å². The van der Waals surface area contributed by atoms with Gasteiger partial charge in [-0.15, -0.1) is 0 Å². The summed E-state index contributed by atoms with van der Waals surface area (Å²) in [5.74, 6) is -0.326. The minimum Gasteiger partial charge on any atom is -0.394 e. The van der Waals surface area contributed by atoms with Gasteiger partial charge in [0.2, 0.25) is 0 Å². The molecule has 1 rings (SSSR count). The Morgan fingerprint density at radius 2 is 2.19 bits per heavy atom. The van der Waals surface area contributed by atoms with E-state index in [-0.39, 0.29) is 18.6 Å². The molecule has 0 aliphatic carbocycles. The van der Waals surface area contributed by atoms with E-state index in [1.165, 1.54) is 6.07 Å². The topological polar surface area (TPSA) is 49.3 Å². The van der Waals surface area contributed by atoms with Gasteiger partial charge in [0.15, 0.2) is 0 Å². The van der Waals surface area contributed by atoms with Crippen molar-refractivity contribution in [2.75, 3.05) is 6.61 Å². The van der Waals surface area contributed by atoms with Crippen LogP contribution < -0.4 is 5.32 Å². The molecule has 88 valence electrons. The molecular formula is C11H13Cl2NO2. The predicted octanol–water partition coefficient (Wildman–Crippen LogP) is 2.49. The van der Waals surface area contributed by atoms with Gasteiger partial charge in [0.1, 0.15) is 0 Å². The quantitative estimate of drug-likeness (QED) is 0.875. The van der Waals surface area contributed by atoms with Gasteiger partial charge >= 0.3 is 0 Å². The normalized spacial score (nSPS) is 12.2. The van der Waals surface area contributed by atoms with Crippen molar-refractivity contribution in [2.24, 2.45) is 0 Å². The SMILES string of the molecule is CC[C@@H](CO)NC(=O)c1cc(Cl)ccc1Cl. The van der Waals surface area contributed by atoms with Gasteiger partial charge in [0.05, 0.1) is 23.2 Å². The van der Waals surface area contributed by atoms with Crippen LogP contribution in [0.5, 0.6) is 0 Å². The van der Waals surface area contributed by atoms with Gasteiger partial charge in [0.25, 0.3) is 5.91 Å². The van der Waals surface area contributed by atoms with Gasteiger partial charge < -0.3 is 10.4 Å². The molecule has 0 bridgehead atoms. The van der Waals surface area contributed by atoms with Crippen LogP contribution >= 0.6 is 23.2 Å². The number of aliphatic hydroxyl groups excluding tert-OH is 1. The van der Waals surface area contributed by atoms with Crippen molar-refractivity contribution in [3.05, 3.63) is 33.8 Å². The maximum atomic E-state index is 11.8. The number of benzene rings is 1. The highest BCUT2D eigenvalue weighted by molar-refractivity contribution is 6.35. The van der Waals surface area contributed by atoms with Crippen LogP contribution in [0.15, 0.2) is 18.2 Å². The van der Waals surface area contributed by atoms with Crippen LogP contribution in [0.1, 0.15) is 23.7 Å². The Labute approximate surface area is 104 Å². The average Bonchev–Trinajstić information content (AvgIpc) is 2.28. The first-order chi connectivity index (χ1) is 7.58. The molecule has 1 aromatic rings. The van der Waals surface area contributed by atoms with Gasteiger partial charge in [-0.05, 0) is 24.6 Å². The Kier molecular flexibility index (Phi) is 5.06. The molecule has 16 heavy (non-hydrogen) atoms. The highest BCUT2D eigenvalue weighted by atomic mass is 35.5. The van der Waals surface area contributed by atoms with Crippen molar-refractivity contribution >= 4 is 29.1 Å². The molecule has 3 nitrogen and oxygen atoms in total. The first-order valence-corrected chi connectivity index (χ1v) is 5.70. The molecule has 1 amide bonds. The molecule has 0 saturated carbocycles. The number of hydrogen-bond donors (Lipinski definition) is 2. The van der Waals surface area contributed by atoms with Gasteiger partial charge in [-0.25, -0.2) is 0 Å². The third-order valence-electron chi connectivity index (χ3n) is 2.22. The Morgan fingerprint density at radius 3 is 2.75 bits per heavy atom. The van der Waals surface area contributed by atoms with Crippen molar-refractivity contribution in [3.8, 4) is 0 Å². The summed E-state index contributed by atoms with van der Waals surface area (Å²) in [5, 5.41) is 12.4. The number of hydrogen-bond acceptors (Lipinski definition) is 2. The summed E-state index contributed by atoms with van der Waals surface area (Å²) < 4.78 is 0. The lowest BCUT2D eigenvalue weighted by atomic mass is 10.1. The third kappa shape index (κ3) is 3.37. The molecule has 0 aromatic heterocycles. The van der Waals surface area contributed by atoms with E-state index >= 15 is 0 Å². The molecule has 0 spiro atoms. The monoisotopic (exact) mass is 261 g/mol. The number of halogens is 2. The number of carbonyl (C=O) groups is 1. The molecule has 0 radical (unpaired) electrons. The molecule has 0 fully saturated rings. The summed E-state index contributed by atoms with van der Waals surface area (Å²) in [4.78, 5) is 11.8. The maximum Gasteiger partial charge on any atom is 0.253 e. The van der Waals surface area contributed by atoms with Crippen LogP contribution in [-0.2, 0) is 0 Å². The summed E-state index contributed by atoms with van der Waals surface area (Å²) >= 11 is 11.7. The van der Waals surface area contributed by atoms with E-state index in [0.29, 0.717) is 22.0 Å². The molecule has 5 heteroatoms. The van der Waals surface area contributed by atoms with Crippen molar-refractivity contribution < 1.29 is 9.90 Å². The van der Waals surface area contributed by atoms with Crippen LogP contribution in [-0.4, -0.2) is 23.7 Å². The molecule has 2 N–H and O–H groups in total. The zero-order valence-corrected chi connectivity index (χ0v) is 10.3. The molecular weight excluding hydrogens is 249 g/mol. The Balaban J connectivity index is 2.83. The first kappa shape index (κ1) is 13.3. The largest absolute Gasteiger partial charge is 0.394 e. The van der Waals surface area contributed by atoms with E-state index in [1.54, 1.807) is 12.1 Å². The Morgan fingerprint density at radius 1 is 1.50 bits per heavy atom. The number of carbonyl (C=O) groups excluding carboxylic acids is 1. The fourth-order valence-corrected chi connectivity index (χ4v) is 1.59. The molecule has 0 heterocycles. The minimum atomic E-state index is -0.326. The van der Waals surface area contributed by atoms with Crippen LogP contribution in [0.4, 0.5) is 0 Å². The summed E-state index contributed by atoms with van der Waals surface area (Å²) in [7, 11) is 0. The highest BCUT2D eigenvalue weighted by Gasteiger charge is 2.14. The highest BCUT2D eigenvalue weighted by Crippen LogP contribution is 2.20. The number of aliphatic hydroxyl groups is 1. The van der Waals surface area contributed by atoms with Crippen LogP contribution in [0.2, 0.25) is 10.0 Å². The molecule has 1 aromatic carbocycles. The lowest BCUT2D eigenvalue weighted by Gasteiger charge is -2.14. The molecule has 0 saturated heterocycles. The third-order valence-corrected chi connectivity index (χ3v) is 2.79.